The van der Waals surface area contributed by atoms with E-state index in [1.165, 1.54) is 0 Å². The van der Waals surface area contributed by atoms with Crippen LogP contribution in [0.1, 0.15) is 29.5 Å². The molecule has 1 fully saturated rings. The van der Waals surface area contributed by atoms with E-state index >= 15 is 0 Å². The van der Waals surface area contributed by atoms with E-state index in [4.69, 9.17) is 4.74 Å². The third-order valence-electron chi connectivity index (χ3n) is 4.77. The highest BCUT2D eigenvalue weighted by molar-refractivity contribution is 5.80. The molecule has 1 amide bonds. The maximum absolute atomic E-state index is 12.6. The summed E-state index contributed by atoms with van der Waals surface area (Å²) in [7, 11) is 1.63. The van der Waals surface area contributed by atoms with Crippen LogP contribution in [0.15, 0.2) is 48.5 Å². The number of nitrogens with one attached hydrogen (secondary N) is 1. The van der Waals surface area contributed by atoms with E-state index in [0.29, 0.717) is 19.3 Å². The number of aliphatic hydroxyl groups is 1. The molecular weight excluding hydrogens is 302 g/mol. The second kappa shape index (κ2) is 6.65. The molecule has 0 aliphatic heterocycles. The molecule has 0 saturated heterocycles. The standard InChI is InChI=1S/C20H23NO3/c1-14-10-18(24-2)9-8-15(14)11-19(23)21-20(12-17(22)13-20)16-6-4-3-5-7-16/h3-10,17,22H,11-13H2,1-2H3,(H,21,23). The molecule has 0 unspecified atom stereocenters. The molecule has 4 nitrogen and oxygen atoms in total. The summed E-state index contributed by atoms with van der Waals surface area (Å²) in [6, 6.07) is 15.6. The zero-order valence-corrected chi connectivity index (χ0v) is 14.1. The summed E-state index contributed by atoms with van der Waals surface area (Å²) in [4.78, 5) is 12.6. The Balaban J connectivity index is 1.73. The van der Waals surface area contributed by atoms with Crippen molar-refractivity contribution in [3.63, 3.8) is 0 Å². The Bertz CT molecular complexity index is 721. The molecule has 0 heterocycles. The van der Waals surface area contributed by atoms with Gasteiger partial charge < -0.3 is 15.2 Å². The molecule has 2 aromatic rings. The number of aliphatic hydroxyl groups excluding tert-OH is 1. The summed E-state index contributed by atoms with van der Waals surface area (Å²) < 4.78 is 5.20. The van der Waals surface area contributed by atoms with Gasteiger partial charge in [0, 0.05) is 12.8 Å². The molecule has 0 bridgehead atoms. The van der Waals surface area contributed by atoms with E-state index in [0.717, 1.165) is 22.4 Å². The lowest BCUT2D eigenvalue weighted by atomic mass is 9.69. The average molecular weight is 325 g/mol. The van der Waals surface area contributed by atoms with E-state index in [1.807, 2.05) is 55.5 Å². The number of methoxy groups -OCH3 is 1. The molecular formula is C20H23NO3. The Hall–Kier alpha value is -2.33. The predicted molar refractivity (Wildman–Crippen MR) is 92.9 cm³/mol. The number of carbonyl (C=O) groups is 1. The van der Waals surface area contributed by atoms with Crippen molar-refractivity contribution in [3.05, 3.63) is 65.2 Å². The number of carbonyl (C=O) groups excluding carboxylic acids is 1. The Morgan fingerprint density at radius 2 is 1.96 bits per heavy atom. The molecule has 4 heteroatoms. The molecule has 2 N–H and O–H groups in total. The number of amides is 1. The zero-order chi connectivity index (χ0) is 17.2. The van der Waals surface area contributed by atoms with Crippen LogP contribution in [0.25, 0.3) is 0 Å². The number of aryl methyl sites for hydroxylation is 1. The summed E-state index contributed by atoms with van der Waals surface area (Å²) >= 11 is 0. The van der Waals surface area contributed by atoms with Gasteiger partial charge in [-0.05, 0) is 35.7 Å². The second-order valence-electron chi connectivity index (χ2n) is 6.53. The van der Waals surface area contributed by atoms with Gasteiger partial charge in [-0.25, -0.2) is 0 Å². The first kappa shape index (κ1) is 16.5. The maximum Gasteiger partial charge on any atom is 0.225 e. The molecule has 0 aromatic heterocycles. The highest BCUT2D eigenvalue weighted by Crippen LogP contribution is 2.41. The van der Waals surface area contributed by atoms with Crippen LogP contribution >= 0.6 is 0 Å². The van der Waals surface area contributed by atoms with Crippen LogP contribution < -0.4 is 10.1 Å². The van der Waals surface area contributed by atoms with E-state index in [2.05, 4.69) is 5.32 Å². The normalized spacial score (nSPS) is 22.5. The monoisotopic (exact) mass is 325 g/mol. The summed E-state index contributed by atoms with van der Waals surface area (Å²) in [5.41, 5.74) is 2.62. The van der Waals surface area contributed by atoms with E-state index < -0.39 is 5.54 Å². The first-order valence-corrected chi connectivity index (χ1v) is 8.20. The van der Waals surface area contributed by atoms with Crippen molar-refractivity contribution in [2.75, 3.05) is 7.11 Å². The molecule has 3 rings (SSSR count). The molecule has 0 spiro atoms. The Morgan fingerprint density at radius 1 is 1.25 bits per heavy atom. The molecule has 24 heavy (non-hydrogen) atoms. The van der Waals surface area contributed by atoms with Crippen LogP contribution in [0.5, 0.6) is 5.75 Å². The highest BCUT2D eigenvalue weighted by Gasteiger charge is 2.45. The van der Waals surface area contributed by atoms with Crippen LogP contribution in [-0.2, 0) is 16.8 Å². The van der Waals surface area contributed by atoms with Crippen LogP contribution in [0.2, 0.25) is 0 Å². The van der Waals surface area contributed by atoms with Crippen molar-refractivity contribution in [2.24, 2.45) is 0 Å². The Kier molecular flexibility index (Phi) is 4.58. The molecule has 2 aromatic carbocycles. The average Bonchev–Trinajstić information content (AvgIpc) is 2.55. The van der Waals surface area contributed by atoms with Crippen molar-refractivity contribution < 1.29 is 14.6 Å². The number of hydrogen-bond donors (Lipinski definition) is 2. The van der Waals surface area contributed by atoms with Gasteiger partial charge in [-0.2, -0.15) is 0 Å². The lowest BCUT2D eigenvalue weighted by Gasteiger charge is -2.46. The van der Waals surface area contributed by atoms with Crippen molar-refractivity contribution in [1.82, 2.24) is 5.32 Å². The Labute approximate surface area is 142 Å². The van der Waals surface area contributed by atoms with Crippen LogP contribution in [0.3, 0.4) is 0 Å². The summed E-state index contributed by atoms with van der Waals surface area (Å²) in [5, 5.41) is 12.9. The van der Waals surface area contributed by atoms with E-state index in [-0.39, 0.29) is 12.0 Å². The highest BCUT2D eigenvalue weighted by atomic mass is 16.5. The van der Waals surface area contributed by atoms with Crippen molar-refractivity contribution >= 4 is 5.91 Å². The minimum absolute atomic E-state index is 0.0287. The maximum atomic E-state index is 12.6. The van der Waals surface area contributed by atoms with Crippen LogP contribution in [0.4, 0.5) is 0 Å². The fourth-order valence-electron chi connectivity index (χ4n) is 3.39. The number of ether oxygens (including phenoxy) is 1. The molecule has 0 radical (unpaired) electrons. The number of hydrogen-bond acceptors (Lipinski definition) is 3. The van der Waals surface area contributed by atoms with Crippen LogP contribution in [0, 0.1) is 6.92 Å². The molecule has 126 valence electrons. The van der Waals surface area contributed by atoms with Gasteiger partial charge in [-0.15, -0.1) is 0 Å². The zero-order valence-electron chi connectivity index (χ0n) is 14.1. The number of rotatable bonds is 5. The van der Waals surface area contributed by atoms with Crippen LogP contribution in [-0.4, -0.2) is 24.2 Å². The van der Waals surface area contributed by atoms with Gasteiger partial charge in [-0.1, -0.05) is 36.4 Å². The minimum atomic E-state index is -0.446. The second-order valence-corrected chi connectivity index (χ2v) is 6.53. The van der Waals surface area contributed by atoms with Crippen molar-refractivity contribution in [1.29, 1.82) is 0 Å². The van der Waals surface area contributed by atoms with Gasteiger partial charge >= 0.3 is 0 Å². The fraction of sp³-hybridized carbons (Fsp3) is 0.350. The molecule has 1 aliphatic rings. The third kappa shape index (κ3) is 3.29. The van der Waals surface area contributed by atoms with Gasteiger partial charge in [0.15, 0.2) is 0 Å². The van der Waals surface area contributed by atoms with E-state index in [1.54, 1.807) is 7.11 Å². The summed E-state index contributed by atoms with van der Waals surface area (Å²) in [5.74, 6) is 0.763. The van der Waals surface area contributed by atoms with Gasteiger partial charge in [0.05, 0.1) is 25.2 Å². The minimum Gasteiger partial charge on any atom is -0.497 e. The molecule has 0 atom stereocenters. The fourth-order valence-corrected chi connectivity index (χ4v) is 3.39. The smallest absolute Gasteiger partial charge is 0.225 e. The predicted octanol–water partition coefficient (Wildman–Crippen LogP) is 2.71. The first-order chi connectivity index (χ1) is 11.5. The van der Waals surface area contributed by atoms with Gasteiger partial charge in [0.1, 0.15) is 5.75 Å². The molecule has 1 saturated carbocycles. The largest absolute Gasteiger partial charge is 0.497 e. The Morgan fingerprint density at radius 3 is 2.54 bits per heavy atom. The third-order valence-corrected chi connectivity index (χ3v) is 4.77. The summed E-state index contributed by atoms with van der Waals surface area (Å²) in [6.07, 6.45) is 1.09. The van der Waals surface area contributed by atoms with E-state index in [9.17, 15) is 9.90 Å². The van der Waals surface area contributed by atoms with Gasteiger partial charge in [0.25, 0.3) is 0 Å². The first-order valence-electron chi connectivity index (χ1n) is 8.20. The lowest BCUT2D eigenvalue weighted by molar-refractivity contribution is -0.125. The van der Waals surface area contributed by atoms with Crippen molar-refractivity contribution in [2.45, 2.75) is 37.8 Å². The van der Waals surface area contributed by atoms with Gasteiger partial charge in [-0.3, -0.25) is 4.79 Å². The summed E-state index contributed by atoms with van der Waals surface area (Å²) in [6.45, 7) is 1.98. The quantitative estimate of drug-likeness (QED) is 0.889. The van der Waals surface area contributed by atoms with Gasteiger partial charge in [0.2, 0.25) is 5.91 Å². The SMILES string of the molecule is COc1ccc(CC(=O)NC2(c3ccccc3)CC(O)C2)c(C)c1. The van der Waals surface area contributed by atoms with Crippen molar-refractivity contribution in [3.8, 4) is 5.75 Å². The topological polar surface area (TPSA) is 58.6 Å². The number of benzene rings is 2. The lowest BCUT2D eigenvalue weighted by Crippen LogP contribution is -2.57. The molecule has 1 aliphatic carbocycles.